The molecule has 0 unspecified atom stereocenters. The smallest absolute Gasteiger partial charge is 0.354 e. The van der Waals surface area contributed by atoms with E-state index >= 15 is 0 Å². The van der Waals surface area contributed by atoms with Gasteiger partial charge in [0, 0.05) is 55.1 Å². The summed E-state index contributed by atoms with van der Waals surface area (Å²) in [4.78, 5) is 23.6. The van der Waals surface area contributed by atoms with E-state index in [2.05, 4.69) is 25.3 Å². The number of halogens is 3. The fraction of sp³-hybridized carbons (Fsp3) is 0.250. The molecule has 0 saturated carbocycles. The largest absolute Gasteiger partial charge is 0.446 e. The van der Waals surface area contributed by atoms with Crippen LogP contribution >= 0.6 is 11.8 Å². The number of hydrogen-bond donors (Lipinski definition) is 1. The Morgan fingerprint density at radius 1 is 1.03 bits per heavy atom. The van der Waals surface area contributed by atoms with E-state index in [1.807, 2.05) is 12.1 Å². The molecule has 0 atom stereocenters. The van der Waals surface area contributed by atoms with E-state index in [-0.39, 0.29) is 33.9 Å². The molecule has 0 spiro atoms. The van der Waals surface area contributed by atoms with Gasteiger partial charge in [-0.25, -0.2) is 4.98 Å². The Labute approximate surface area is 208 Å². The number of rotatable bonds is 6. The average Bonchev–Trinajstić information content (AvgIpc) is 3.36. The molecule has 1 fully saturated rings. The van der Waals surface area contributed by atoms with Crippen molar-refractivity contribution in [1.29, 1.82) is 0 Å². The molecule has 5 rings (SSSR count). The molecule has 8 nitrogen and oxygen atoms in total. The van der Waals surface area contributed by atoms with Gasteiger partial charge in [0.05, 0.1) is 12.1 Å². The molecule has 36 heavy (non-hydrogen) atoms. The normalized spacial score (nSPS) is 14.2. The van der Waals surface area contributed by atoms with Gasteiger partial charge >= 0.3 is 5.51 Å². The lowest BCUT2D eigenvalue weighted by molar-refractivity contribution is -0.0328. The molecule has 1 aliphatic heterocycles. The van der Waals surface area contributed by atoms with Gasteiger partial charge in [0.25, 0.3) is 11.4 Å². The molecule has 0 aliphatic carbocycles. The van der Waals surface area contributed by atoms with E-state index in [1.54, 1.807) is 23.0 Å². The van der Waals surface area contributed by atoms with Crippen LogP contribution in [-0.2, 0) is 6.54 Å². The molecule has 0 radical (unpaired) electrons. The Morgan fingerprint density at radius 2 is 1.78 bits per heavy atom. The Kier molecular flexibility index (Phi) is 6.79. The van der Waals surface area contributed by atoms with Crippen molar-refractivity contribution in [2.45, 2.75) is 16.9 Å². The summed E-state index contributed by atoms with van der Waals surface area (Å²) >= 11 is -0.187. The standard InChI is InChI=1S/C24H21F3N6O2S/c25-24(26,27)36-19-4-1-17(2-5-19)22-30-23(35-31-22)18-3-6-21(34)33(15-18)14-16-7-8-29-20(13-16)32-11-9-28-10-12-32/h1-8,13,15,28H,9-12,14H2. The second-order valence-electron chi connectivity index (χ2n) is 8.14. The quantitative estimate of drug-likeness (QED) is 0.386. The van der Waals surface area contributed by atoms with Gasteiger partial charge < -0.3 is 19.3 Å². The van der Waals surface area contributed by atoms with Crippen LogP contribution in [-0.4, -0.2) is 51.4 Å². The first-order valence-corrected chi connectivity index (χ1v) is 12.0. The second-order valence-corrected chi connectivity index (χ2v) is 9.28. The van der Waals surface area contributed by atoms with Crippen molar-refractivity contribution in [3.63, 3.8) is 0 Å². The lowest BCUT2D eigenvalue weighted by Crippen LogP contribution is -2.43. The number of thioether (sulfide) groups is 1. The molecule has 1 N–H and O–H groups in total. The number of alkyl halides is 3. The topological polar surface area (TPSA) is 89.1 Å². The average molecular weight is 515 g/mol. The summed E-state index contributed by atoms with van der Waals surface area (Å²) in [5.74, 6) is 1.31. The van der Waals surface area contributed by atoms with E-state index in [0.717, 1.165) is 37.6 Å². The van der Waals surface area contributed by atoms with Gasteiger partial charge in [0.15, 0.2) is 0 Å². The summed E-state index contributed by atoms with van der Waals surface area (Å²) in [6, 6.07) is 12.6. The first-order chi connectivity index (χ1) is 17.3. The summed E-state index contributed by atoms with van der Waals surface area (Å²) in [6.45, 7) is 3.88. The fourth-order valence-electron chi connectivity index (χ4n) is 3.87. The van der Waals surface area contributed by atoms with Crippen LogP contribution in [0.4, 0.5) is 19.0 Å². The third-order valence-electron chi connectivity index (χ3n) is 5.61. The van der Waals surface area contributed by atoms with E-state index in [4.69, 9.17) is 4.52 Å². The second kappa shape index (κ2) is 10.2. The Balaban J connectivity index is 1.34. The highest BCUT2D eigenvalue weighted by molar-refractivity contribution is 8.00. The molecule has 1 saturated heterocycles. The van der Waals surface area contributed by atoms with Crippen LogP contribution in [0.2, 0.25) is 0 Å². The lowest BCUT2D eigenvalue weighted by atomic mass is 10.2. The van der Waals surface area contributed by atoms with Gasteiger partial charge in [0.1, 0.15) is 5.82 Å². The number of pyridine rings is 2. The van der Waals surface area contributed by atoms with Crippen molar-refractivity contribution in [2.24, 2.45) is 0 Å². The minimum Gasteiger partial charge on any atom is -0.354 e. The SMILES string of the molecule is O=c1ccc(-c2nc(-c3ccc(SC(F)(F)F)cc3)no2)cn1Cc1ccnc(N2CCNCC2)c1. The minimum atomic E-state index is -4.35. The molecule has 3 aromatic heterocycles. The third-order valence-corrected chi connectivity index (χ3v) is 6.35. The van der Waals surface area contributed by atoms with E-state index < -0.39 is 5.51 Å². The maximum atomic E-state index is 12.6. The van der Waals surface area contributed by atoms with Gasteiger partial charge in [-0.1, -0.05) is 5.16 Å². The molecule has 4 heterocycles. The Morgan fingerprint density at radius 3 is 2.53 bits per heavy atom. The summed E-state index contributed by atoms with van der Waals surface area (Å²) in [5, 5.41) is 7.26. The summed E-state index contributed by atoms with van der Waals surface area (Å²) < 4.78 is 44.6. The highest BCUT2D eigenvalue weighted by Gasteiger charge is 2.29. The molecular formula is C24H21F3N6O2S. The highest BCUT2D eigenvalue weighted by Crippen LogP contribution is 2.37. The van der Waals surface area contributed by atoms with Crippen molar-refractivity contribution >= 4 is 17.6 Å². The van der Waals surface area contributed by atoms with Crippen molar-refractivity contribution in [2.75, 3.05) is 31.1 Å². The fourth-order valence-corrected chi connectivity index (χ4v) is 4.41. The van der Waals surface area contributed by atoms with E-state index in [9.17, 15) is 18.0 Å². The number of hydrogen-bond acceptors (Lipinski definition) is 8. The van der Waals surface area contributed by atoms with Crippen molar-refractivity contribution in [1.82, 2.24) is 25.0 Å². The zero-order valence-electron chi connectivity index (χ0n) is 18.9. The molecule has 0 bridgehead atoms. The van der Waals surface area contributed by atoms with Crippen LogP contribution in [0.15, 0.2) is 75.1 Å². The van der Waals surface area contributed by atoms with Gasteiger partial charge in [-0.2, -0.15) is 18.2 Å². The van der Waals surface area contributed by atoms with Crippen LogP contribution in [0, 0.1) is 0 Å². The molecule has 0 amide bonds. The number of aromatic nitrogens is 4. The number of anilines is 1. The minimum absolute atomic E-state index is 0.0678. The predicted octanol–water partition coefficient (Wildman–Crippen LogP) is 4.03. The van der Waals surface area contributed by atoms with Gasteiger partial charge in [0.2, 0.25) is 5.82 Å². The van der Waals surface area contributed by atoms with Crippen LogP contribution in [0.1, 0.15) is 5.56 Å². The zero-order valence-corrected chi connectivity index (χ0v) is 19.7. The molecular weight excluding hydrogens is 493 g/mol. The predicted molar refractivity (Wildman–Crippen MR) is 130 cm³/mol. The Bertz CT molecular complexity index is 1400. The van der Waals surface area contributed by atoms with Gasteiger partial charge in [-0.15, -0.1) is 0 Å². The van der Waals surface area contributed by atoms with Gasteiger partial charge in [-0.3, -0.25) is 4.79 Å². The monoisotopic (exact) mass is 514 g/mol. The maximum absolute atomic E-state index is 12.6. The highest BCUT2D eigenvalue weighted by atomic mass is 32.2. The summed E-state index contributed by atoms with van der Waals surface area (Å²) in [6.07, 6.45) is 3.39. The van der Waals surface area contributed by atoms with E-state index in [0.29, 0.717) is 17.7 Å². The zero-order chi connectivity index (χ0) is 25.1. The third kappa shape index (κ3) is 5.77. The maximum Gasteiger partial charge on any atom is 0.446 e. The number of benzene rings is 1. The van der Waals surface area contributed by atoms with Crippen molar-refractivity contribution in [3.05, 3.63) is 76.8 Å². The summed E-state index contributed by atoms with van der Waals surface area (Å²) in [5.41, 5.74) is -2.54. The number of piperazine rings is 1. The molecule has 4 aromatic rings. The number of nitrogens with zero attached hydrogens (tertiary/aromatic N) is 5. The van der Waals surface area contributed by atoms with Crippen LogP contribution in [0.5, 0.6) is 0 Å². The lowest BCUT2D eigenvalue weighted by Gasteiger charge is -2.28. The van der Waals surface area contributed by atoms with Crippen molar-refractivity contribution in [3.8, 4) is 22.8 Å². The molecule has 12 heteroatoms. The van der Waals surface area contributed by atoms with E-state index in [1.165, 1.54) is 30.3 Å². The van der Waals surface area contributed by atoms with Gasteiger partial charge in [-0.05, 0) is 59.8 Å². The number of nitrogens with one attached hydrogen (secondary N) is 1. The van der Waals surface area contributed by atoms with Crippen LogP contribution in [0.3, 0.4) is 0 Å². The van der Waals surface area contributed by atoms with Crippen LogP contribution in [0.25, 0.3) is 22.8 Å². The first kappa shape index (κ1) is 24.1. The van der Waals surface area contributed by atoms with Crippen LogP contribution < -0.4 is 15.8 Å². The molecule has 1 aliphatic rings. The first-order valence-electron chi connectivity index (χ1n) is 11.2. The summed E-state index contributed by atoms with van der Waals surface area (Å²) in [7, 11) is 0. The molecule has 1 aromatic carbocycles. The Hall–Kier alpha value is -3.64. The molecule has 186 valence electrons. The van der Waals surface area contributed by atoms with Crippen molar-refractivity contribution < 1.29 is 17.7 Å².